The van der Waals surface area contributed by atoms with E-state index in [0.29, 0.717) is 44.7 Å². The maximum atomic E-state index is 15.0. The molecular weight excluding hydrogens is 417 g/mol. The summed E-state index contributed by atoms with van der Waals surface area (Å²) in [6, 6.07) is 0. The molecule has 2 N–H and O–H groups in total. The number of hydrogen-bond donors (Lipinski definition) is 2. The van der Waals surface area contributed by atoms with Crippen molar-refractivity contribution < 1.29 is 18.7 Å². The molecule has 0 unspecified atom stereocenters. The molecule has 170 valence electrons. The van der Waals surface area contributed by atoms with Crippen LogP contribution < -0.4 is 20.3 Å². The first-order valence-corrected chi connectivity index (χ1v) is 10.6. The van der Waals surface area contributed by atoms with Crippen LogP contribution in [-0.2, 0) is 11.3 Å². The predicted octanol–water partition coefficient (Wildman–Crippen LogP) is 1.11. The molecule has 0 radical (unpaired) electrons. The summed E-state index contributed by atoms with van der Waals surface area (Å²) in [5.74, 6) is -0.917. The van der Waals surface area contributed by atoms with Crippen LogP contribution in [0.4, 0.5) is 15.8 Å². The maximum absolute atomic E-state index is 15.0. The zero-order valence-corrected chi connectivity index (χ0v) is 18.3. The number of piperazine rings is 1. The summed E-state index contributed by atoms with van der Waals surface area (Å²) in [5, 5.41) is 5.10. The van der Waals surface area contributed by atoms with E-state index in [1.54, 1.807) is 6.20 Å². The smallest absolute Gasteiger partial charge is 0.288 e. The molecule has 2 amide bonds. The number of halogens is 1. The zero-order valence-electron chi connectivity index (χ0n) is 18.3. The highest BCUT2D eigenvalue weighted by Crippen LogP contribution is 2.32. The van der Waals surface area contributed by atoms with E-state index in [4.69, 9.17) is 4.74 Å². The molecule has 10 nitrogen and oxygen atoms in total. The van der Waals surface area contributed by atoms with Gasteiger partial charge in [-0.25, -0.2) is 19.3 Å². The number of amides is 2. The summed E-state index contributed by atoms with van der Waals surface area (Å²) >= 11 is 0. The van der Waals surface area contributed by atoms with E-state index in [9.17, 15) is 9.59 Å². The van der Waals surface area contributed by atoms with Crippen LogP contribution in [0.5, 0.6) is 5.88 Å². The molecule has 2 aromatic heterocycles. The Labute approximate surface area is 185 Å². The first-order valence-electron chi connectivity index (χ1n) is 10.6. The summed E-state index contributed by atoms with van der Waals surface area (Å²) < 4.78 is 20.5. The van der Waals surface area contributed by atoms with E-state index in [-0.39, 0.29) is 29.2 Å². The fraction of sp³-hybridized carbons (Fsp3) is 0.476. The van der Waals surface area contributed by atoms with E-state index >= 15 is 4.39 Å². The molecule has 0 saturated carbocycles. The number of hydrogen-bond acceptors (Lipinski definition) is 8. The van der Waals surface area contributed by atoms with Gasteiger partial charge in [-0.05, 0) is 13.3 Å². The second-order valence-electron chi connectivity index (χ2n) is 7.79. The summed E-state index contributed by atoms with van der Waals surface area (Å²) in [6.45, 7) is 6.87. The van der Waals surface area contributed by atoms with E-state index in [2.05, 4.69) is 35.4 Å². The number of ether oxygens (including phenoxy) is 1. The third-order valence-corrected chi connectivity index (χ3v) is 5.71. The molecule has 0 aromatic carbocycles. The highest BCUT2D eigenvalue weighted by Gasteiger charge is 2.31. The zero-order chi connectivity index (χ0) is 22.8. The fourth-order valence-corrected chi connectivity index (χ4v) is 3.86. The number of aryl methyl sites for hydroxylation is 1. The van der Waals surface area contributed by atoms with Gasteiger partial charge in [0.15, 0.2) is 11.9 Å². The highest BCUT2D eigenvalue weighted by atomic mass is 19.1. The lowest BCUT2D eigenvalue weighted by Crippen LogP contribution is -2.46. The molecule has 2 aliphatic rings. The van der Waals surface area contributed by atoms with Crippen LogP contribution in [0.25, 0.3) is 0 Å². The second-order valence-corrected chi connectivity index (χ2v) is 7.79. The lowest BCUT2D eigenvalue weighted by Gasteiger charge is -2.36. The van der Waals surface area contributed by atoms with Crippen molar-refractivity contribution in [2.45, 2.75) is 32.9 Å². The molecule has 0 bridgehead atoms. The van der Waals surface area contributed by atoms with E-state index < -0.39 is 11.9 Å². The van der Waals surface area contributed by atoms with Gasteiger partial charge in [0.1, 0.15) is 5.69 Å². The molecular formula is C21H26FN7O3. The summed E-state index contributed by atoms with van der Waals surface area (Å²) in [6.07, 6.45) is 2.98. The van der Waals surface area contributed by atoms with Crippen molar-refractivity contribution in [1.29, 1.82) is 0 Å². The number of nitrogens with one attached hydrogen (secondary N) is 2. The second kappa shape index (κ2) is 9.03. The summed E-state index contributed by atoms with van der Waals surface area (Å²) in [7, 11) is 1.54. The Morgan fingerprint density at radius 3 is 2.69 bits per heavy atom. The number of anilines is 2. The third kappa shape index (κ3) is 4.20. The Balaban J connectivity index is 1.40. The largest absolute Gasteiger partial charge is 0.463 e. The average molecular weight is 443 g/mol. The molecule has 0 spiro atoms. The lowest BCUT2D eigenvalue weighted by atomic mass is 10.1. The monoisotopic (exact) mass is 443 g/mol. The van der Waals surface area contributed by atoms with Crippen LogP contribution in [0.1, 0.15) is 35.2 Å². The van der Waals surface area contributed by atoms with Crippen LogP contribution in [0.15, 0.2) is 12.4 Å². The first kappa shape index (κ1) is 21.9. The molecule has 2 aliphatic heterocycles. The molecule has 0 aliphatic carbocycles. The van der Waals surface area contributed by atoms with Crippen molar-refractivity contribution in [1.82, 2.24) is 25.2 Å². The van der Waals surface area contributed by atoms with E-state index in [1.807, 2.05) is 13.8 Å². The molecule has 1 atom stereocenters. The standard InChI is InChI=1S/C21H26FN7O3/c1-4-15-19(30)27-17-16(22)13(9-25-21(17)32-15)11-28-5-7-29(8-6-28)14-10-24-18(20(31)23-3)26-12(14)2/h9-10,15H,4-8,11H2,1-3H3,(H,23,31)(H,27,30)/t15-/m0/s1. The van der Waals surface area contributed by atoms with Crippen molar-refractivity contribution in [2.24, 2.45) is 0 Å². The normalized spacial score (nSPS) is 18.6. The van der Waals surface area contributed by atoms with E-state index in [0.717, 1.165) is 11.4 Å². The molecule has 11 heteroatoms. The Morgan fingerprint density at radius 2 is 2.03 bits per heavy atom. The molecule has 32 heavy (non-hydrogen) atoms. The van der Waals surface area contributed by atoms with Crippen molar-refractivity contribution in [3.05, 3.63) is 35.3 Å². The van der Waals surface area contributed by atoms with Gasteiger partial charge in [-0.3, -0.25) is 14.5 Å². The SMILES string of the molecule is CC[C@@H]1Oc2ncc(CN3CCN(c4cnc(C(=O)NC)nc4C)CC3)c(F)c2NC1=O. The number of nitrogens with zero attached hydrogens (tertiary/aromatic N) is 5. The van der Waals surface area contributed by atoms with Gasteiger partial charge in [0.05, 0.1) is 17.6 Å². The fourth-order valence-electron chi connectivity index (χ4n) is 3.86. The van der Waals surface area contributed by atoms with Crippen molar-refractivity contribution >= 4 is 23.2 Å². The maximum Gasteiger partial charge on any atom is 0.288 e. The van der Waals surface area contributed by atoms with Gasteiger partial charge in [0, 0.05) is 51.5 Å². The van der Waals surface area contributed by atoms with Crippen LogP contribution in [0, 0.1) is 12.7 Å². The van der Waals surface area contributed by atoms with Gasteiger partial charge >= 0.3 is 0 Å². The Hall–Kier alpha value is -3.34. The number of carbonyl (C=O) groups is 2. The Bertz CT molecular complexity index is 1040. The van der Waals surface area contributed by atoms with Gasteiger partial charge in [0.2, 0.25) is 11.7 Å². The number of aromatic nitrogens is 3. The summed E-state index contributed by atoms with van der Waals surface area (Å²) in [5.41, 5.74) is 2.03. The molecule has 4 heterocycles. The molecule has 4 rings (SSSR count). The highest BCUT2D eigenvalue weighted by molar-refractivity contribution is 5.97. The number of rotatable bonds is 5. The lowest BCUT2D eigenvalue weighted by molar-refractivity contribution is -0.123. The topological polar surface area (TPSA) is 113 Å². The average Bonchev–Trinajstić information content (AvgIpc) is 2.81. The molecule has 1 saturated heterocycles. The predicted molar refractivity (Wildman–Crippen MR) is 115 cm³/mol. The van der Waals surface area contributed by atoms with Gasteiger partial charge in [0.25, 0.3) is 11.8 Å². The first-order chi connectivity index (χ1) is 15.4. The minimum Gasteiger partial charge on any atom is -0.463 e. The number of fused-ring (bicyclic) bond motifs is 1. The van der Waals surface area contributed by atoms with Crippen LogP contribution >= 0.6 is 0 Å². The van der Waals surface area contributed by atoms with E-state index in [1.165, 1.54) is 13.2 Å². The number of pyridine rings is 1. The summed E-state index contributed by atoms with van der Waals surface area (Å²) in [4.78, 5) is 40.7. The Kier molecular flexibility index (Phi) is 6.17. The van der Waals surface area contributed by atoms with Crippen molar-refractivity contribution in [3.8, 4) is 5.88 Å². The Morgan fingerprint density at radius 1 is 1.28 bits per heavy atom. The quantitative estimate of drug-likeness (QED) is 0.707. The van der Waals surface area contributed by atoms with Crippen LogP contribution in [0.3, 0.4) is 0 Å². The molecule has 2 aromatic rings. The minimum atomic E-state index is -0.647. The van der Waals surface area contributed by atoms with Gasteiger partial charge in [-0.2, -0.15) is 0 Å². The minimum absolute atomic E-state index is 0.0137. The van der Waals surface area contributed by atoms with Crippen molar-refractivity contribution in [3.63, 3.8) is 0 Å². The van der Waals surface area contributed by atoms with Gasteiger partial charge in [-0.1, -0.05) is 6.92 Å². The van der Waals surface area contributed by atoms with Crippen molar-refractivity contribution in [2.75, 3.05) is 43.4 Å². The molecule has 1 fully saturated rings. The third-order valence-electron chi connectivity index (χ3n) is 5.71. The van der Waals surface area contributed by atoms with Gasteiger partial charge < -0.3 is 20.3 Å². The van der Waals surface area contributed by atoms with Crippen LogP contribution in [-0.4, -0.2) is 71.0 Å². The van der Waals surface area contributed by atoms with Crippen LogP contribution in [0.2, 0.25) is 0 Å². The van der Waals surface area contributed by atoms with Gasteiger partial charge in [-0.15, -0.1) is 0 Å². The number of carbonyl (C=O) groups excluding carboxylic acids is 2.